The number of rotatable bonds is 4. The summed E-state index contributed by atoms with van der Waals surface area (Å²) in [5.74, 6) is 0.568. The fourth-order valence-corrected chi connectivity index (χ4v) is 2.48. The molecule has 1 unspecified atom stereocenters. The van der Waals surface area contributed by atoms with Crippen molar-refractivity contribution in [3.05, 3.63) is 5.82 Å². The van der Waals surface area contributed by atoms with Gasteiger partial charge < -0.3 is 10.2 Å². The van der Waals surface area contributed by atoms with Gasteiger partial charge in [-0.15, -0.1) is 10.2 Å². The van der Waals surface area contributed by atoms with Gasteiger partial charge in [-0.25, -0.2) is 0 Å². The van der Waals surface area contributed by atoms with Gasteiger partial charge >= 0.3 is 0 Å². The number of nitrogens with zero attached hydrogens (tertiary/aromatic N) is 4. The number of aromatic nitrogens is 4. The minimum absolute atomic E-state index is 0.00800. The molecule has 0 spiro atoms. The molecule has 0 aromatic carbocycles. The Bertz CT molecular complexity index is 479. The van der Waals surface area contributed by atoms with Gasteiger partial charge in [0.2, 0.25) is 11.8 Å². The van der Waals surface area contributed by atoms with Crippen molar-refractivity contribution in [1.82, 2.24) is 30.8 Å². The van der Waals surface area contributed by atoms with Gasteiger partial charge in [-0.3, -0.25) is 9.59 Å². The molecule has 0 aliphatic carbocycles. The molecule has 21 heavy (non-hydrogen) atoms. The molecule has 1 aliphatic heterocycles. The molecule has 8 heteroatoms. The summed E-state index contributed by atoms with van der Waals surface area (Å²) in [5.41, 5.74) is 0. The number of H-pyrrole nitrogens is 1. The lowest BCUT2D eigenvalue weighted by molar-refractivity contribution is -0.138. The Hall–Kier alpha value is -1.99. The number of hydrogen-bond acceptors (Lipinski definition) is 5. The number of nitrogens with one attached hydrogen (secondary N) is 2. The lowest BCUT2D eigenvalue weighted by Gasteiger charge is -2.32. The fraction of sp³-hybridized carbons (Fsp3) is 0.769. The Labute approximate surface area is 123 Å². The number of hydrogen-bond donors (Lipinski definition) is 2. The van der Waals surface area contributed by atoms with Gasteiger partial charge in [0, 0.05) is 24.9 Å². The number of carbonyl (C=O) groups is 2. The summed E-state index contributed by atoms with van der Waals surface area (Å²) in [6.45, 7) is 6.90. The quantitative estimate of drug-likeness (QED) is 0.829. The first-order valence-corrected chi connectivity index (χ1v) is 7.31. The first-order chi connectivity index (χ1) is 9.99. The predicted molar refractivity (Wildman–Crippen MR) is 74.9 cm³/mol. The second kappa shape index (κ2) is 6.64. The normalized spacial score (nSPS) is 17.8. The molecule has 2 rings (SSSR count). The molecular formula is C13H22N6O2. The Morgan fingerprint density at radius 2 is 1.95 bits per heavy atom. The van der Waals surface area contributed by atoms with Crippen molar-refractivity contribution in [3.8, 4) is 0 Å². The largest absolute Gasteiger partial charge is 0.346 e. The average Bonchev–Trinajstić information content (AvgIpc) is 3.00. The maximum Gasteiger partial charge on any atom is 0.225 e. The number of amides is 2. The summed E-state index contributed by atoms with van der Waals surface area (Å²) in [4.78, 5) is 26.0. The standard InChI is InChI=1S/C13H22N6O2/c1-8(2)13(21)19-6-4-10(5-7-19)12(20)14-9(3)11-15-17-18-16-11/h8-10H,4-7H2,1-3H3,(H,14,20)(H,15,16,17,18). The highest BCUT2D eigenvalue weighted by Gasteiger charge is 2.29. The van der Waals surface area contributed by atoms with E-state index in [2.05, 4.69) is 25.9 Å². The van der Waals surface area contributed by atoms with Crippen LogP contribution in [0.15, 0.2) is 0 Å². The van der Waals surface area contributed by atoms with Crippen LogP contribution in [-0.2, 0) is 9.59 Å². The van der Waals surface area contributed by atoms with Crippen molar-refractivity contribution < 1.29 is 9.59 Å². The number of likely N-dealkylation sites (tertiary alicyclic amines) is 1. The van der Waals surface area contributed by atoms with E-state index < -0.39 is 0 Å². The minimum Gasteiger partial charge on any atom is -0.346 e. The zero-order chi connectivity index (χ0) is 15.4. The number of piperidine rings is 1. The Balaban J connectivity index is 1.82. The third kappa shape index (κ3) is 3.77. The van der Waals surface area contributed by atoms with E-state index >= 15 is 0 Å². The van der Waals surface area contributed by atoms with Crippen LogP contribution in [0.2, 0.25) is 0 Å². The van der Waals surface area contributed by atoms with Crippen LogP contribution in [0, 0.1) is 11.8 Å². The molecule has 1 aromatic rings. The third-order valence-corrected chi connectivity index (χ3v) is 3.78. The van der Waals surface area contributed by atoms with Gasteiger partial charge in [0.15, 0.2) is 5.82 Å². The first-order valence-electron chi connectivity index (χ1n) is 7.31. The topological polar surface area (TPSA) is 104 Å². The molecule has 1 fully saturated rings. The average molecular weight is 294 g/mol. The van der Waals surface area contributed by atoms with E-state index in [1.807, 2.05) is 25.7 Å². The van der Waals surface area contributed by atoms with Crippen LogP contribution in [0.1, 0.15) is 45.5 Å². The van der Waals surface area contributed by atoms with Gasteiger partial charge in [0.05, 0.1) is 6.04 Å². The Morgan fingerprint density at radius 3 is 2.48 bits per heavy atom. The van der Waals surface area contributed by atoms with Crippen molar-refractivity contribution in [2.75, 3.05) is 13.1 Å². The number of carbonyl (C=O) groups excluding carboxylic acids is 2. The summed E-state index contributed by atoms with van der Waals surface area (Å²) in [6.07, 6.45) is 1.40. The molecule has 1 aliphatic rings. The van der Waals surface area contributed by atoms with Crippen LogP contribution in [0.5, 0.6) is 0 Å². The van der Waals surface area contributed by atoms with Crippen LogP contribution in [0.4, 0.5) is 0 Å². The highest BCUT2D eigenvalue weighted by atomic mass is 16.2. The maximum atomic E-state index is 12.2. The smallest absolute Gasteiger partial charge is 0.225 e. The Kier molecular flexibility index (Phi) is 4.87. The van der Waals surface area contributed by atoms with Gasteiger partial charge in [0.25, 0.3) is 0 Å². The van der Waals surface area contributed by atoms with E-state index in [0.29, 0.717) is 31.8 Å². The Morgan fingerprint density at radius 1 is 1.29 bits per heavy atom. The highest BCUT2D eigenvalue weighted by Crippen LogP contribution is 2.20. The van der Waals surface area contributed by atoms with Gasteiger partial charge in [-0.2, -0.15) is 5.21 Å². The lowest BCUT2D eigenvalue weighted by atomic mass is 9.95. The van der Waals surface area contributed by atoms with Crippen LogP contribution < -0.4 is 5.32 Å². The molecule has 116 valence electrons. The van der Waals surface area contributed by atoms with Crippen molar-refractivity contribution >= 4 is 11.8 Å². The van der Waals surface area contributed by atoms with Crippen LogP contribution in [0.25, 0.3) is 0 Å². The van der Waals surface area contributed by atoms with Gasteiger partial charge in [-0.05, 0) is 19.8 Å². The molecule has 1 aromatic heterocycles. The van der Waals surface area contributed by atoms with Crippen LogP contribution in [-0.4, -0.2) is 50.4 Å². The SMILES string of the molecule is CC(C)C(=O)N1CCC(C(=O)NC(C)c2nn[nH]n2)CC1. The zero-order valence-electron chi connectivity index (χ0n) is 12.7. The van der Waals surface area contributed by atoms with E-state index in [0.717, 1.165) is 0 Å². The molecule has 1 atom stereocenters. The van der Waals surface area contributed by atoms with Crippen molar-refractivity contribution in [3.63, 3.8) is 0 Å². The van der Waals surface area contributed by atoms with E-state index in [1.165, 1.54) is 0 Å². The van der Waals surface area contributed by atoms with Crippen molar-refractivity contribution in [2.24, 2.45) is 11.8 Å². The number of tetrazole rings is 1. The molecule has 0 bridgehead atoms. The molecule has 2 N–H and O–H groups in total. The summed E-state index contributed by atoms with van der Waals surface area (Å²) >= 11 is 0. The monoisotopic (exact) mass is 294 g/mol. The molecule has 2 heterocycles. The van der Waals surface area contributed by atoms with E-state index in [-0.39, 0.29) is 29.7 Å². The molecule has 8 nitrogen and oxygen atoms in total. The predicted octanol–water partition coefficient (Wildman–Crippen LogP) is 0.272. The van der Waals surface area contributed by atoms with Gasteiger partial charge in [-0.1, -0.05) is 19.1 Å². The maximum absolute atomic E-state index is 12.2. The second-order valence-electron chi connectivity index (χ2n) is 5.75. The molecule has 1 saturated heterocycles. The molecule has 0 radical (unpaired) electrons. The first kappa shape index (κ1) is 15.4. The lowest BCUT2D eigenvalue weighted by Crippen LogP contribution is -2.44. The summed E-state index contributed by atoms with van der Waals surface area (Å²) in [7, 11) is 0. The van der Waals surface area contributed by atoms with Gasteiger partial charge in [0.1, 0.15) is 0 Å². The van der Waals surface area contributed by atoms with Crippen molar-refractivity contribution in [2.45, 2.75) is 39.7 Å². The highest BCUT2D eigenvalue weighted by molar-refractivity contribution is 5.81. The van der Waals surface area contributed by atoms with Crippen LogP contribution >= 0.6 is 0 Å². The van der Waals surface area contributed by atoms with E-state index in [1.54, 1.807) is 0 Å². The summed E-state index contributed by atoms with van der Waals surface area (Å²) in [5, 5.41) is 16.4. The molecular weight excluding hydrogens is 272 g/mol. The van der Waals surface area contributed by atoms with Crippen LogP contribution in [0.3, 0.4) is 0 Å². The number of aromatic amines is 1. The fourth-order valence-electron chi connectivity index (χ4n) is 2.48. The van der Waals surface area contributed by atoms with E-state index in [4.69, 9.17) is 0 Å². The zero-order valence-corrected chi connectivity index (χ0v) is 12.7. The molecule has 0 saturated carbocycles. The third-order valence-electron chi connectivity index (χ3n) is 3.78. The van der Waals surface area contributed by atoms with Crippen molar-refractivity contribution in [1.29, 1.82) is 0 Å². The summed E-state index contributed by atoms with van der Waals surface area (Å²) < 4.78 is 0. The minimum atomic E-state index is -0.272. The summed E-state index contributed by atoms with van der Waals surface area (Å²) in [6, 6.07) is -0.272. The second-order valence-corrected chi connectivity index (χ2v) is 5.75. The molecule has 2 amide bonds. The van der Waals surface area contributed by atoms with E-state index in [9.17, 15) is 9.59 Å².